The first kappa shape index (κ1) is 18.1. The molecule has 1 aromatic carbocycles. The maximum Gasteiger partial charge on any atom is 0.328 e. The average Bonchev–Trinajstić information content (AvgIpc) is 3.18. The molecule has 0 aromatic heterocycles. The van der Waals surface area contributed by atoms with Gasteiger partial charge in [0.05, 0.1) is 18.6 Å². The molecular weight excluding hydrogens is 362 g/mol. The number of methoxy groups -OCH3 is 1. The van der Waals surface area contributed by atoms with Crippen LogP contribution < -0.4 is 14.2 Å². The summed E-state index contributed by atoms with van der Waals surface area (Å²) in [5, 5.41) is -0.530. The van der Waals surface area contributed by atoms with Gasteiger partial charge in [-0.1, -0.05) is 0 Å². The molecule has 2 aliphatic heterocycles. The predicted octanol–water partition coefficient (Wildman–Crippen LogP) is 2.41. The Hall–Kier alpha value is -2.68. The summed E-state index contributed by atoms with van der Waals surface area (Å²) in [6.45, 7) is 3.80. The van der Waals surface area contributed by atoms with E-state index < -0.39 is 23.2 Å². The van der Waals surface area contributed by atoms with Crippen LogP contribution in [0.15, 0.2) is 17.0 Å². The summed E-state index contributed by atoms with van der Waals surface area (Å²) in [6.07, 6.45) is 1.54. The quantitative estimate of drug-likeness (QED) is 0.569. The van der Waals surface area contributed by atoms with Gasteiger partial charge < -0.3 is 18.9 Å². The molecule has 1 saturated heterocycles. The van der Waals surface area contributed by atoms with E-state index in [0.29, 0.717) is 29.4 Å². The first-order valence-corrected chi connectivity index (χ1v) is 8.69. The summed E-state index contributed by atoms with van der Waals surface area (Å²) in [4.78, 5) is 37.5. The van der Waals surface area contributed by atoms with E-state index in [2.05, 4.69) is 4.74 Å². The van der Waals surface area contributed by atoms with Crippen LogP contribution in [-0.4, -0.2) is 48.6 Å². The van der Waals surface area contributed by atoms with Gasteiger partial charge in [0.25, 0.3) is 11.1 Å². The van der Waals surface area contributed by atoms with Crippen molar-refractivity contribution >= 4 is 35.0 Å². The van der Waals surface area contributed by atoms with Crippen molar-refractivity contribution < 1.29 is 33.3 Å². The van der Waals surface area contributed by atoms with Crippen LogP contribution in [0.4, 0.5) is 4.79 Å². The average molecular weight is 379 g/mol. The molecule has 0 aliphatic carbocycles. The molecule has 1 atom stereocenters. The zero-order valence-electron chi connectivity index (χ0n) is 14.4. The van der Waals surface area contributed by atoms with E-state index >= 15 is 0 Å². The smallest absolute Gasteiger partial charge is 0.328 e. The second-order valence-corrected chi connectivity index (χ2v) is 6.42. The second-order valence-electron chi connectivity index (χ2n) is 5.43. The van der Waals surface area contributed by atoms with Gasteiger partial charge in [-0.3, -0.25) is 14.5 Å². The molecule has 0 spiro atoms. The van der Waals surface area contributed by atoms with E-state index in [4.69, 9.17) is 14.2 Å². The lowest BCUT2D eigenvalue weighted by Crippen LogP contribution is -2.42. The number of nitrogens with zero attached hydrogens (tertiary/aromatic N) is 1. The van der Waals surface area contributed by atoms with Crippen LogP contribution in [0, 0.1) is 0 Å². The van der Waals surface area contributed by atoms with Gasteiger partial charge in [0, 0.05) is 11.6 Å². The molecule has 2 aliphatic rings. The van der Waals surface area contributed by atoms with E-state index in [1.54, 1.807) is 18.2 Å². The van der Waals surface area contributed by atoms with Crippen molar-refractivity contribution in [3.05, 3.63) is 22.6 Å². The highest BCUT2D eigenvalue weighted by molar-refractivity contribution is 8.18. The largest absolute Gasteiger partial charge is 0.493 e. The molecule has 26 heavy (non-hydrogen) atoms. The monoisotopic (exact) mass is 379 g/mol. The van der Waals surface area contributed by atoms with Crippen LogP contribution in [0.1, 0.15) is 19.4 Å². The van der Waals surface area contributed by atoms with Crippen molar-refractivity contribution in [1.82, 2.24) is 4.90 Å². The van der Waals surface area contributed by atoms with Gasteiger partial charge in [0.1, 0.15) is 11.8 Å². The Morgan fingerprint density at radius 2 is 2.04 bits per heavy atom. The fourth-order valence-electron chi connectivity index (χ4n) is 2.56. The maximum atomic E-state index is 12.6. The van der Waals surface area contributed by atoms with Crippen LogP contribution in [0.25, 0.3) is 6.08 Å². The molecule has 0 bridgehead atoms. The molecule has 9 heteroatoms. The zero-order valence-corrected chi connectivity index (χ0v) is 15.3. The molecular formula is C17H17NO7S. The Balaban J connectivity index is 1.94. The third kappa shape index (κ3) is 3.22. The minimum Gasteiger partial charge on any atom is -0.493 e. The second kappa shape index (κ2) is 7.28. The van der Waals surface area contributed by atoms with E-state index in [1.165, 1.54) is 14.0 Å². The Morgan fingerprint density at radius 1 is 1.35 bits per heavy atom. The van der Waals surface area contributed by atoms with Gasteiger partial charge in [0.2, 0.25) is 6.79 Å². The van der Waals surface area contributed by atoms with Crippen LogP contribution in [-0.2, 0) is 14.3 Å². The van der Waals surface area contributed by atoms with Crippen molar-refractivity contribution in [2.45, 2.75) is 19.9 Å². The SMILES string of the molecule is CCOc1cc2c(cc1/C=C1/SC(=O)N([C@@H](C)C(=O)OC)C1=O)OCO2. The third-order valence-corrected chi connectivity index (χ3v) is 4.73. The lowest BCUT2D eigenvalue weighted by molar-refractivity contribution is -0.148. The van der Waals surface area contributed by atoms with Crippen LogP contribution >= 0.6 is 11.8 Å². The highest BCUT2D eigenvalue weighted by atomic mass is 32.2. The Kier molecular flexibility index (Phi) is 5.08. The van der Waals surface area contributed by atoms with Crippen LogP contribution in [0.5, 0.6) is 17.2 Å². The first-order chi connectivity index (χ1) is 12.5. The van der Waals surface area contributed by atoms with E-state index in [-0.39, 0.29) is 11.7 Å². The number of hydrogen-bond donors (Lipinski definition) is 0. The summed E-state index contributed by atoms with van der Waals surface area (Å²) in [7, 11) is 1.20. The summed E-state index contributed by atoms with van der Waals surface area (Å²) >= 11 is 0.756. The minimum absolute atomic E-state index is 0.109. The van der Waals surface area contributed by atoms with E-state index in [9.17, 15) is 14.4 Å². The van der Waals surface area contributed by atoms with Gasteiger partial charge in [-0.2, -0.15) is 0 Å². The van der Waals surface area contributed by atoms with Crippen molar-refractivity contribution in [2.24, 2.45) is 0 Å². The summed E-state index contributed by atoms with van der Waals surface area (Å²) in [6, 6.07) is 2.37. The number of rotatable bonds is 5. The molecule has 138 valence electrons. The summed E-state index contributed by atoms with van der Waals surface area (Å²) < 4.78 is 20.9. The molecule has 2 heterocycles. The molecule has 0 saturated carbocycles. The Bertz CT molecular complexity index is 805. The fraction of sp³-hybridized carbons (Fsp3) is 0.353. The zero-order chi connectivity index (χ0) is 18.8. The number of amides is 2. The number of imide groups is 1. The normalized spacial score (nSPS) is 18.4. The Morgan fingerprint density at radius 3 is 2.69 bits per heavy atom. The van der Waals surface area contributed by atoms with Crippen molar-refractivity contribution in [3.8, 4) is 17.2 Å². The molecule has 3 rings (SSSR count). The molecule has 2 amide bonds. The highest BCUT2D eigenvalue weighted by Gasteiger charge is 2.41. The fourth-order valence-corrected chi connectivity index (χ4v) is 3.46. The summed E-state index contributed by atoms with van der Waals surface area (Å²) in [5.74, 6) is 0.370. The minimum atomic E-state index is -0.999. The van der Waals surface area contributed by atoms with Gasteiger partial charge in [-0.25, -0.2) is 4.79 Å². The molecule has 8 nitrogen and oxygen atoms in total. The van der Waals surface area contributed by atoms with Crippen molar-refractivity contribution in [1.29, 1.82) is 0 Å². The molecule has 1 aromatic rings. The standard InChI is InChI=1S/C17H17NO7S/c1-4-23-11-7-13-12(24-8-25-13)5-10(11)6-14-15(19)18(17(21)26-14)9(2)16(20)22-3/h5-7,9H,4,8H2,1-3H3/b14-6+/t9-/m0/s1. The van der Waals surface area contributed by atoms with Crippen LogP contribution in [0.3, 0.4) is 0 Å². The van der Waals surface area contributed by atoms with E-state index in [1.807, 2.05) is 6.92 Å². The molecule has 0 radical (unpaired) electrons. The number of ether oxygens (including phenoxy) is 4. The number of carbonyl (C=O) groups is 3. The van der Waals surface area contributed by atoms with Gasteiger partial charge in [-0.05, 0) is 37.8 Å². The van der Waals surface area contributed by atoms with Gasteiger partial charge >= 0.3 is 5.97 Å². The van der Waals surface area contributed by atoms with Gasteiger partial charge in [-0.15, -0.1) is 0 Å². The topological polar surface area (TPSA) is 91.4 Å². The number of carbonyl (C=O) groups excluding carboxylic acids is 3. The van der Waals surface area contributed by atoms with E-state index in [0.717, 1.165) is 16.7 Å². The summed E-state index contributed by atoms with van der Waals surface area (Å²) in [5.41, 5.74) is 0.576. The number of thioether (sulfide) groups is 1. The van der Waals surface area contributed by atoms with Crippen molar-refractivity contribution in [3.63, 3.8) is 0 Å². The van der Waals surface area contributed by atoms with Gasteiger partial charge in [0.15, 0.2) is 11.5 Å². The Labute approximate surface area is 154 Å². The number of esters is 1. The van der Waals surface area contributed by atoms with Crippen molar-refractivity contribution in [2.75, 3.05) is 20.5 Å². The molecule has 0 unspecified atom stereocenters. The number of fused-ring (bicyclic) bond motifs is 1. The number of hydrogen-bond acceptors (Lipinski definition) is 8. The molecule has 1 fully saturated rings. The third-order valence-electron chi connectivity index (χ3n) is 3.84. The highest BCUT2D eigenvalue weighted by Crippen LogP contribution is 2.41. The lowest BCUT2D eigenvalue weighted by Gasteiger charge is -2.18. The first-order valence-electron chi connectivity index (χ1n) is 7.87. The lowest BCUT2D eigenvalue weighted by atomic mass is 10.1. The number of benzene rings is 1. The molecule has 0 N–H and O–H groups in total. The van der Waals surface area contributed by atoms with Crippen LogP contribution in [0.2, 0.25) is 0 Å². The maximum absolute atomic E-state index is 12.6. The predicted molar refractivity (Wildman–Crippen MR) is 93.0 cm³/mol.